The number of oxazole rings is 1. The zero-order valence-corrected chi connectivity index (χ0v) is 17.9. The molecule has 0 aliphatic carbocycles. The average Bonchev–Trinajstić information content (AvgIpc) is 2.72. The molecule has 2 N–H and O–H groups in total. The van der Waals surface area contributed by atoms with Crippen molar-refractivity contribution in [3.05, 3.63) is 17.3 Å². The highest BCUT2D eigenvalue weighted by Crippen LogP contribution is 2.21. The molecule has 0 aliphatic rings. The minimum absolute atomic E-state index is 0. The normalized spacial score (nSPS) is 13.4. The zero-order chi connectivity index (χ0) is 16.8. The van der Waals surface area contributed by atoms with Gasteiger partial charge in [-0.1, -0.05) is 20.8 Å². The Kier molecular flexibility index (Phi) is 9.80. The third-order valence-electron chi connectivity index (χ3n) is 3.50. The molecule has 1 rings (SSSR count). The van der Waals surface area contributed by atoms with E-state index in [2.05, 4.69) is 55.2 Å². The van der Waals surface area contributed by atoms with Gasteiger partial charge in [-0.3, -0.25) is 0 Å². The van der Waals surface area contributed by atoms with Crippen LogP contribution in [-0.2, 0) is 6.54 Å². The molecule has 5 nitrogen and oxygen atoms in total. The van der Waals surface area contributed by atoms with Gasteiger partial charge >= 0.3 is 0 Å². The Bertz CT molecular complexity index is 472. The van der Waals surface area contributed by atoms with E-state index < -0.39 is 0 Å². The molecule has 1 aromatic heterocycles. The van der Waals surface area contributed by atoms with Gasteiger partial charge in [0.05, 0.1) is 5.69 Å². The lowest BCUT2D eigenvalue weighted by atomic mass is 9.89. The van der Waals surface area contributed by atoms with Gasteiger partial charge in [0.2, 0.25) is 5.89 Å². The van der Waals surface area contributed by atoms with E-state index in [1.165, 1.54) is 6.42 Å². The number of aromatic nitrogens is 1. The first kappa shape index (κ1) is 22.2. The van der Waals surface area contributed by atoms with E-state index in [-0.39, 0.29) is 24.0 Å². The molecule has 0 spiro atoms. The van der Waals surface area contributed by atoms with E-state index in [4.69, 9.17) is 4.42 Å². The van der Waals surface area contributed by atoms with Crippen LogP contribution in [0.1, 0.15) is 64.8 Å². The van der Waals surface area contributed by atoms with Crippen LogP contribution in [0.2, 0.25) is 0 Å². The molecule has 0 bridgehead atoms. The first-order valence-electron chi connectivity index (χ1n) is 8.19. The predicted octanol–water partition coefficient (Wildman–Crippen LogP) is 4.18. The molecule has 0 fully saturated rings. The van der Waals surface area contributed by atoms with Gasteiger partial charge in [0.15, 0.2) is 5.96 Å². The SMILES string of the molecule is CCNC(=NCc1nc(C)c(C)o1)NC(C)CCC(C)(C)C.I. The molecule has 134 valence electrons. The molecule has 0 radical (unpaired) electrons. The van der Waals surface area contributed by atoms with Crippen LogP contribution in [-0.4, -0.2) is 23.5 Å². The average molecular weight is 436 g/mol. The number of hydrogen-bond acceptors (Lipinski definition) is 3. The van der Waals surface area contributed by atoms with Crippen LogP contribution in [0.3, 0.4) is 0 Å². The van der Waals surface area contributed by atoms with Crippen LogP contribution in [0.15, 0.2) is 9.41 Å². The summed E-state index contributed by atoms with van der Waals surface area (Å²) in [7, 11) is 0. The van der Waals surface area contributed by atoms with E-state index >= 15 is 0 Å². The van der Waals surface area contributed by atoms with E-state index in [0.717, 1.165) is 30.4 Å². The van der Waals surface area contributed by atoms with Crippen molar-refractivity contribution in [1.82, 2.24) is 15.6 Å². The maximum absolute atomic E-state index is 5.57. The summed E-state index contributed by atoms with van der Waals surface area (Å²) < 4.78 is 5.57. The molecule has 0 aromatic carbocycles. The van der Waals surface area contributed by atoms with Crippen LogP contribution in [0.25, 0.3) is 0 Å². The summed E-state index contributed by atoms with van der Waals surface area (Å²) in [5.41, 5.74) is 1.29. The monoisotopic (exact) mass is 436 g/mol. The smallest absolute Gasteiger partial charge is 0.216 e. The fraction of sp³-hybridized carbons (Fsp3) is 0.765. The zero-order valence-electron chi connectivity index (χ0n) is 15.6. The van der Waals surface area contributed by atoms with Crippen molar-refractivity contribution in [1.29, 1.82) is 0 Å². The summed E-state index contributed by atoms with van der Waals surface area (Å²) in [4.78, 5) is 8.92. The molecule has 1 heterocycles. The van der Waals surface area contributed by atoms with Gasteiger partial charge in [0.1, 0.15) is 12.3 Å². The number of nitrogens with zero attached hydrogens (tertiary/aromatic N) is 2. The summed E-state index contributed by atoms with van der Waals surface area (Å²) in [5.74, 6) is 2.34. The number of nitrogens with one attached hydrogen (secondary N) is 2. The fourth-order valence-corrected chi connectivity index (χ4v) is 2.03. The highest BCUT2D eigenvalue weighted by atomic mass is 127. The maximum Gasteiger partial charge on any atom is 0.216 e. The molecule has 0 amide bonds. The van der Waals surface area contributed by atoms with Gasteiger partial charge in [-0.05, 0) is 46.0 Å². The van der Waals surface area contributed by atoms with Crippen LogP contribution < -0.4 is 10.6 Å². The summed E-state index contributed by atoms with van der Waals surface area (Å²) in [6.07, 6.45) is 2.30. The van der Waals surface area contributed by atoms with Crippen LogP contribution >= 0.6 is 24.0 Å². The topological polar surface area (TPSA) is 62.5 Å². The Morgan fingerprint density at radius 3 is 2.43 bits per heavy atom. The van der Waals surface area contributed by atoms with Crippen LogP contribution in [0.4, 0.5) is 0 Å². The number of aryl methyl sites for hydroxylation is 2. The largest absolute Gasteiger partial charge is 0.444 e. The summed E-state index contributed by atoms with van der Waals surface area (Å²) in [5, 5.41) is 6.72. The Labute approximate surface area is 158 Å². The van der Waals surface area contributed by atoms with Crippen molar-refractivity contribution in [3.63, 3.8) is 0 Å². The van der Waals surface area contributed by atoms with Crippen molar-refractivity contribution in [2.24, 2.45) is 10.4 Å². The number of rotatable bonds is 6. The molecule has 6 heteroatoms. The van der Waals surface area contributed by atoms with Gasteiger partial charge in [0, 0.05) is 12.6 Å². The number of aliphatic imine (C=N–C) groups is 1. The first-order chi connectivity index (χ1) is 10.2. The van der Waals surface area contributed by atoms with Gasteiger partial charge in [-0.25, -0.2) is 9.98 Å². The quantitative estimate of drug-likeness (QED) is 0.399. The molecule has 1 aromatic rings. The third kappa shape index (κ3) is 9.17. The Balaban J connectivity index is 0.00000484. The second kappa shape index (κ2) is 10.2. The molecular weight excluding hydrogens is 403 g/mol. The Morgan fingerprint density at radius 2 is 1.96 bits per heavy atom. The minimum Gasteiger partial charge on any atom is -0.444 e. The standard InChI is InChI=1S/C17H32N4O.HI/c1-8-18-16(20-12(2)9-10-17(5,6)7)19-11-15-21-13(3)14(4)22-15;/h12H,8-11H2,1-7H3,(H2,18,19,20);1H. The van der Waals surface area contributed by atoms with Crippen molar-refractivity contribution < 1.29 is 4.42 Å². The first-order valence-corrected chi connectivity index (χ1v) is 8.19. The van der Waals surface area contributed by atoms with Gasteiger partial charge < -0.3 is 15.1 Å². The molecular formula is C17H33IN4O. The molecule has 0 saturated carbocycles. The van der Waals surface area contributed by atoms with Crippen molar-refractivity contribution in [3.8, 4) is 0 Å². The van der Waals surface area contributed by atoms with Gasteiger partial charge in [0.25, 0.3) is 0 Å². The van der Waals surface area contributed by atoms with E-state index in [9.17, 15) is 0 Å². The molecule has 0 saturated heterocycles. The summed E-state index contributed by atoms with van der Waals surface area (Å²) in [6, 6.07) is 0.380. The lowest BCUT2D eigenvalue weighted by Gasteiger charge is -2.23. The van der Waals surface area contributed by atoms with Gasteiger partial charge in [-0.15, -0.1) is 24.0 Å². The fourth-order valence-electron chi connectivity index (χ4n) is 2.03. The summed E-state index contributed by atoms with van der Waals surface area (Å²) in [6.45, 7) is 16.2. The van der Waals surface area contributed by atoms with E-state index in [0.29, 0.717) is 23.9 Å². The number of guanidine groups is 1. The van der Waals surface area contributed by atoms with Crippen molar-refractivity contribution in [2.75, 3.05) is 6.54 Å². The summed E-state index contributed by atoms with van der Waals surface area (Å²) >= 11 is 0. The van der Waals surface area contributed by atoms with Crippen molar-refractivity contribution in [2.45, 2.75) is 73.9 Å². The molecule has 1 unspecified atom stereocenters. The Hall–Kier alpha value is -0.790. The minimum atomic E-state index is 0. The second-order valence-electron chi connectivity index (χ2n) is 7.09. The number of hydrogen-bond donors (Lipinski definition) is 2. The Morgan fingerprint density at radius 1 is 1.30 bits per heavy atom. The highest BCUT2D eigenvalue weighted by molar-refractivity contribution is 14.0. The lowest BCUT2D eigenvalue weighted by molar-refractivity contribution is 0.346. The molecule has 23 heavy (non-hydrogen) atoms. The molecule has 0 aliphatic heterocycles. The lowest BCUT2D eigenvalue weighted by Crippen LogP contribution is -2.42. The van der Waals surface area contributed by atoms with Crippen molar-refractivity contribution >= 4 is 29.9 Å². The number of halogens is 1. The van der Waals surface area contributed by atoms with E-state index in [1.54, 1.807) is 0 Å². The van der Waals surface area contributed by atoms with Crippen LogP contribution in [0, 0.1) is 19.3 Å². The predicted molar refractivity (Wildman–Crippen MR) is 107 cm³/mol. The highest BCUT2D eigenvalue weighted by Gasteiger charge is 2.13. The molecule has 1 atom stereocenters. The van der Waals surface area contributed by atoms with Crippen LogP contribution in [0.5, 0.6) is 0 Å². The van der Waals surface area contributed by atoms with Gasteiger partial charge in [-0.2, -0.15) is 0 Å². The third-order valence-corrected chi connectivity index (χ3v) is 3.50. The maximum atomic E-state index is 5.57. The van der Waals surface area contributed by atoms with E-state index in [1.807, 2.05) is 13.8 Å². The second-order valence-corrected chi connectivity index (χ2v) is 7.09.